The van der Waals surface area contributed by atoms with Crippen LogP contribution in [0.25, 0.3) is 0 Å². The molecule has 2 bridgehead atoms. The molecule has 1 aromatic rings. The minimum atomic E-state index is -0.203. The zero-order chi connectivity index (χ0) is 15.1. The summed E-state index contributed by atoms with van der Waals surface area (Å²) in [4.78, 5) is 24.5. The molecule has 2 saturated carbocycles. The lowest BCUT2D eigenvalue weighted by Gasteiger charge is -2.29. The van der Waals surface area contributed by atoms with Gasteiger partial charge in [0.25, 0.3) is 5.91 Å². The molecule has 1 heterocycles. The summed E-state index contributed by atoms with van der Waals surface area (Å²) in [5, 5.41) is 3.05. The van der Waals surface area contributed by atoms with E-state index in [1.807, 2.05) is 6.92 Å². The van der Waals surface area contributed by atoms with Gasteiger partial charge in [0.1, 0.15) is 11.5 Å². The van der Waals surface area contributed by atoms with Gasteiger partial charge in [-0.1, -0.05) is 0 Å². The number of ether oxygens (including phenoxy) is 1. The van der Waals surface area contributed by atoms with Gasteiger partial charge in [-0.2, -0.15) is 0 Å². The van der Waals surface area contributed by atoms with Crippen molar-refractivity contribution in [3.05, 3.63) is 23.2 Å². The molecule has 1 amide bonds. The molecule has 21 heavy (non-hydrogen) atoms. The zero-order valence-corrected chi connectivity index (χ0v) is 12.6. The quantitative estimate of drug-likeness (QED) is 0.867. The molecular weight excluding hydrogens is 270 g/mol. The van der Waals surface area contributed by atoms with Crippen molar-refractivity contribution in [2.75, 3.05) is 7.11 Å². The van der Waals surface area contributed by atoms with Gasteiger partial charge in [-0.15, -0.1) is 0 Å². The predicted octanol–water partition coefficient (Wildman–Crippen LogP) is 2.21. The van der Waals surface area contributed by atoms with Crippen molar-refractivity contribution >= 4 is 11.9 Å². The molecule has 0 spiro atoms. The maximum atomic E-state index is 12.4. The number of carbonyl (C=O) groups excluding carboxylic acids is 2. The fraction of sp³-hybridized carbons (Fsp3) is 0.625. The van der Waals surface area contributed by atoms with Gasteiger partial charge in [-0.3, -0.25) is 9.59 Å². The van der Waals surface area contributed by atoms with Crippen LogP contribution in [-0.4, -0.2) is 25.0 Å². The summed E-state index contributed by atoms with van der Waals surface area (Å²) in [5.41, 5.74) is 0.555. The van der Waals surface area contributed by atoms with Crippen molar-refractivity contribution in [2.45, 2.75) is 39.2 Å². The number of amides is 1. The van der Waals surface area contributed by atoms with E-state index < -0.39 is 0 Å². The molecule has 5 heteroatoms. The number of furan rings is 1. The summed E-state index contributed by atoms with van der Waals surface area (Å²) in [6.45, 7) is 3.60. The summed E-state index contributed by atoms with van der Waals surface area (Å²) in [7, 11) is 1.41. The van der Waals surface area contributed by atoms with Crippen LogP contribution < -0.4 is 5.32 Å². The Hall–Kier alpha value is -1.78. The molecule has 0 radical (unpaired) electrons. The van der Waals surface area contributed by atoms with Crippen LogP contribution in [0.4, 0.5) is 0 Å². The van der Waals surface area contributed by atoms with Crippen molar-refractivity contribution in [1.29, 1.82) is 0 Å². The lowest BCUT2D eigenvalue weighted by Crippen LogP contribution is -2.47. The SMILES string of the molecule is COC(=O)[C@@H]1[C@H]2CC[C@@H](C2)[C@@H]1NC(=O)c1cc(C)oc1C. The van der Waals surface area contributed by atoms with Gasteiger partial charge < -0.3 is 14.5 Å². The first-order valence-electron chi connectivity index (χ1n) is 7.47. The summed E-state index contributed by atoms with van der Waals surface area (Å²) >= 11 is 0. The van der Waals surface area contributed by atoms with E-state index >= 15 is 0 Å². The highest BCUT2D eigenvalue weighted by Gasteiger charge is 2.52. The number of esters is 1. The van der Waals surface area contributed by atoms with Gasteiger partial charge in [-0.05, 0) is 51.0 Å². The lowest BCUT2D eigenvalue weighted by molar-refractivity contribution is -0.148. The summed E-state index contributed by atoms with van der Waals surface area (Å²) in [6, 6.07) is 1.63. The van der Waals surface area contributed by atoms with Crippen molar-refractivity contribution in [2.24, 2.45) is 17.8 Å². The van der Waals surface area contributed by atoms with Crippen LogP contribution in [0.5, 0.6) is 0 Å². The minimum Gasteiger partial charge on any atom is -0.469 e. The fourth-order valence-electron chi connectivity index (χ4n) is 4.06. The maximum Gasteiger partial charge on any atom is 0.311 e. The molecule has 114 valence electrons. The molecule has 5 nitrogen and oxygen atoms in total. The Morgan fingerprint density at radius 3 is 2.62 bits per heavy atom. The van der Waals surface area contributed by atoms with Crippen LogP contribution in [-0.2, 0) is 9.53 Å². The molecule has 0 saturated heterocycles. The summed E-state index contributed by atoms with van der Waals surface area (Å²) < 4.78 is 10.3. The fourth-order valence-corrected chi connectivity index (χ4v) is 4.06. The van der Waals surface area contributed by atoms with Crippen LogP contribution in [0.3, 0.4) is 0 Å². The van der Waals surface area contributed by atoms with Crippen molar-refractivity contribution in [1.82, 2.24) is 5.32 Å². The number of hydrogen-bond donors (Lipinski definition) is 1. The number of fused-ring (bicyclic) bond motifs is 2. The second kappa shape index (κ2) is 5.20. The smallest absolute Gasteiger partial charge is 0.311 e. The average Bonchev–Trinajstić information content (AvgIpc) is 3.12. The van der Waals surface area contributed by atoms with Gasteiger partial charge in [0.2, 0.25) is 0 Å². The number of methoxy groups -OCH3 is 1. The van der Waals surface area contributed by atoms with E-state index in [1.165, 1.54) is 7.11 Å². The highest BCUT2D eigenvalue weighted by molar-refractivity contribution is 5.95. The Labute approximate surface area is 124 Å². The highest BCUT2D eigenvalue weighted by atomic mass is 16.5. The third-order valence-corrected chi connectivity index (χ3v) is 4.97. The molecule has 0 aromatic carbocycles. The number of rotatable bonds is 3. The monoisotopic (exact) mass is 291 g/mol. The second-order valence-electron chi connectivity index (χ2n) is 6.21. The summed E-state index contributed by atoms with van der Waals surface area (Å²) in [6.07, 6.45) is 3.14. The van der Waals surface area contributed by atoms with Crippen LogP contribution >= 0.6 is 0 Å². The standard InChI is InChI=1S/C16H21NO4/c1-8-6-12(9(2)21-8)15(18)17-14-11-5-4-10(7-11)13(14)16(19)20-3/h6,10-11,13-14H,4-5,7H2,1-3H3,(H,17,18)/t10-,11-,13+,14-/m0/s1. The molecule has 0 aliphatic heterocycles. The first-order chi connectivity index (χ1) is 10.0. The first-order valence-corrected chi connectivity index (χ1v) is 7.47. The summed E-state index contributed by atoms with van der Waals surface area (Å²) in [5.74, 6) is 1.50. The van der Waals surface area contributed by atoms with Gasteiger partial charge >= 0.3 is 5.97 Å². The molecule has 4 atom stereocenters. The minimum absolute atomic E-state index is 0.113. The third-order valence-electron chi connectivity index (χ3n) is 4.97. The molecular formula is C16H21NO4. The lowest BCUT2D eigenvalue weighted by atomic mass is 9.84. The molecule has 1 aromatic heterocycles. The van der Waals surface area contributed by atoms with Crippen LogP contribution in [0.1, 0.15) is 41.1 Å². The van der Waals surface area contributed by atoms with E-state index in [-0.39, 0.29) is 23.8 Å². The zero-order valence-electron chi connectivity index (χ0n) is 12.6. The van der Waals surface area contributed by atoms with E-state index in [9.17, 15) is 9.59 Å². The van der Waals surface area contributed by atoms with Gasteiger partial charge in [0.15, 0.2) is 0 Å². The Kier molecular flexibility index (Phi) is 3.51. The largest absolute Gasteiger partial charge is 0.469 e. The first kappa shape index (κ1) is 14.2. The third kappa shape index (κ3) is 2.34. The van der Waals surface area contributed by atoms with Crippen molar-refractivity contribution in [3.63, 3.8) is 0 Å². The molecule has 0 unspecified atom stereocenters. The van der Waals surface area contributed by atoms with Crippen LogP contribution in [0, 0.1) is 31.6 Å². The van der Waals surface area contributed by atoms with E-state index in [0.29, 0.717) is 23.2 Å². The molecule has 2 fully saturated rings. The Morgan fingerprint density at radius 2 is 2.00 bits per heavy atom. The van der Waals surface area contributed by atoms with Crippen molar-refractivity contribution < 1.29 is 18.7 Å². The molecule has 2 aliphatic rings. The van der Waals surface area contributed by atoms with Gasteiger partial charge in [-0.25, -0.2) is 0 Å². The molecule has 2 aliphatic carbocycles. The number of carbonyl (C=O) groups is 2. The Bertz CT molecular complexity index is 577. The normalized spacial score (nSPS) is 30.4. The number of nitrogens with one attached hydrogen (secondary N) is 1. The topological polar surface area (TPSA) is 68.5 Å². The molecule has 3 rings (SSSR count). The predicted molar refractivity (Wildman–Crippen MR) is 75.8 cm³/mol. The van der Waals surface area contributed by atoms with E-state index in [2.05, 4.69) is 5.32 Å². The van der Waals surface area contributed by atoms with Crippen molar-refractivity contribution in [3.8, 4) is 0 Å². The van der Waals surface area contributed by atoms with Gasteiger partial charge in [0, 0.05) is 6.04 Å². The second-order valence-corrected chi connectivity index (χ2v) is 6.21. The average molecular weight is 291 g/mol. The highest BCUT2D eigenvalue weighted by Crippen LogP contribution is 2.49. The number of aryl methyl sites for hydroxylation is 2. The Balaban J connectivity index is 1.78. The Morgan fingerprint density at radius 1 is 1.29 bits per heavy atom. The van der Waals surface area contributed by atoms with Gasteiger partial charge in [0.05, 0.1) is 18.6 Å². The maximum absolute atomic E-state index is 12.4. The van der Waals surface area contributed by atoms with Crippen LogP contribution in [0.15, 0.2) is 10.5 Å². The van der Waals surface area contributed by atoms with E-state index in [4.69, 9.17) is 9.15 Å². The van der Waals surface area contributed by atoms with Crippen LogP contribution in [0.2, 0.25) is 0 Å². The van der Waals surface area contributed by atoms with E-state index in [0.717, 1.165) is 25.0 Å². The molecule has 1 N–H and O–H groups in total. The number of hydrogen-bond acceptors (Lipinski definition) is 4. The van der Waals surface area contributed by atoms with E-state index in [1.54, 1.807) is 13.0 Å².